The lowest BCUT2D eigenvalue weighted by atomic mass is 10.2. The molecule has 2 heterocycles. The molecule has 0 saturated heterocycles. The molecular formula is C19H14N2O5. The molecule has 1 aliphatic heterocycles. The summed E-state index contributed by atoms with van der Waals surface area (Å²) >= 11 is 0. The van der Waals surface area contributed by atoms with Crippen LogP contribution < -0.4 is 20.6 Å². The van der Waals surface area contributed by atoms with Gasteiger partial charge in [0.25, 0.3) is 5.91 Å². The summed E-state index contributed by atoms with van der Waals surface area (Å²) in [5, 5.41) is 3.44. The van der Waals surface area contributed by atoms with E-state index in [-0.39, 0.29) is 25.0 Å². The van der Waals surface area contributed by atoms with E-state index in [0.717, 1.165) is 0 Å². The molecule has 0 fully saturated rings. The number of fused-ring (bicyclic) bond motifs is 2. The van der Waals surface area contributed by atoms with E-state index in [1.807, 2.05) is 0 Å². The Kier molecular flexibility index (Phi) is 3.89. The normalized spacial score (nSPS) is 13.2. The quantitative estimate of drug-likeness (QED) is 0.731. The van der Waals surface area contributed by atoms with Gasteiger partial charge in [-0.1, -0.05) is 12.1 Å². The van der Waals surface area contributed by atoms with Crippen molar-refractivity contribution in [2.75, 3.05) is 23.4 Å². The van der Waals surface area contributed by atoms with Crippen molar-refractivity contribution >= 4 is 34.2 Å². The summed E-state index contributed by atoms with van der Waals surface area (Å²) in [6.45, 7) is -0.222. The number of nitrogens with zero attached hydrogens (tertiary/aromatic N) is 1. The fourth-order valence-electron chi connectivity index (χ4n) is 2.82. The number of carbonyl (C=O) groups excluding carboxylic acids is 2. The van der Waals surface area contributed by atoms with Gasteiger partial charge in [-0.05, 0) is 36.4 Å². The third-order valence-electron chi connectivity index (χ3n) is 4.01. The molecule has 2 aromatic carbocycles. The van der Waals surface area contributed by atoms with E-state index in [1.165, 1.54) is 11.0 Å². The summed E-state index contributed by atoms with van der Waals surface area (Å²) in [5.41, 5.74) is 1.12. The van der Waals surface area contributed by atoms with Crippen molar-refractivity contribution in [3.63, 3.8) is 0 Å². The molecule has 1 aromatic heterocycles. The van der Waals surface area contributed by atoms with Gasteiger partial charge in [-0.15, -0.1) is 0 Å². The SMILES string of the molecule is O=C(CN1C(=O)COc2ccccc21)Nc1ccc2oc(=O)ccc2c1. The van der Waals surface area contributed by atoms with Crippen LogP contribution in [0.1, 0.15) is 0 Å². The smallest absolute Gasteiger partial charge is 0.336 e. The number of carbonyl (C=O) groups is 2. The van der Waals surface area contributed by atoms with E-state index in [4.69, 9.17) is 9.15 Å². The van der Waals surface area contributed by atoms with Gasteiger partial charge in [0.05, 0.1) is 5.69 Å². The van der Waals surface area contributed by atoms with Gasteiger partial charge < -0.3 is 14.5 Å². The third-order valence-corrected chi connectivity index (χ3v) is 4.01. The Hall–Kier alpha value is -3.61. The summed E-state index contributed by atoms with van der Waals surface area (Å²) < 4.78 is 10.4. The molecule has 4 rings (SSSR count). The Morgan fingerprint density at radius 3 is 2.81 bits per heavy atom. The fraction of sp³-hybridized carbons (Fsp3) is 0.105. The van der Waals surface area contributed by atoms with Gasteiger partial charge in [0, 0.05) is 17.1 Å². The minimum absolute atomic E-state index is 0.0979. The number of nitrogens with one attached hydrogen (secondary N) is 1. The predicted molar refractivity (Wildman–Crippen MR) is 95.4 cm³/mol. The van der Waals surface area contributed by atoms with Crippen LogP contribution in [0.5, 0.6) is 5.75 Å². The average Bonchev–Trinajstić information content (AvgIpc) is 2.64. The first-order valence-corrected chi connectivity index (χ1v) is 7.96. The van der Waals surface area contributed by atoms with Gasteiger partial charge in [0.15, 0.2) is 6.61 Å². The number of amides is 2. The predicted octanol–water partition coefficient (Wildman–Crippen LogP) is 2.16. The second-order valence-corrected chi connectivity index (χ2v) is 5.79. The molecule has 2 amide bonds. The second-order valence-electron chi connectivity index (χ2n) is 5.79. The van der Waals surface area contributed by atoms with Crippen molar-refractivity contribution in [2.24, 2.45) is 0 Å². The highest BCUT2D eigenvalue weighted by Gasteiger charge is 2.26. The topological polar surface area (TPSA) is 88.8 Å². The molecule has 7 heteroatoms. The van der Waals surface area contributed by atoms with E-state index in [2.05, 4.69) is 5.32 Å². The Balaban J connectivity index is 1.53. The molecule has 0 spiro atoms. The lowest BCUT2D eigenvalue weighted by Crippen LogP contribution is -2.43. The molecule has 1 aliphatic rings. The average molecular weight is 350 g/mol. The van der Waals surface area contributed by atoms with Crippen molar-refractivity contribution < 1.29 is 18.7 Å². The number of anilines is 2. The molecule has 130 valence electrons. The molecule has 0 unspecified atom stereocenters. The van der Waals surface area contributed by atoms with Crippen LogP contribution in [-0.4, -0.2) is 25.0 Å². The molecule has 0 bridgehead atoms. The summed E-state index contributed by atoms with van der Waals surface area (Å²) in [4.78, 5) is 37.1. The van der Waals surface area contributed by atoms with Crippen LogP contribution in [0, 0.1) is 0 Å². The van der Waals surface area contributed by atoms with Crippen molar-refractivity contribution in [3.05, 3.63) is 65.0 Å². The van der Waals surface area contributed by atoms with E-state index in [9.17, 15) is 14.4 Å². The van der Waals surface area contributed by atoms with Gasteiger partial charge in [0.1, 0.15) is 17.9 Å². The van der Waals surface area contributed by atoms with Gasteiger partial charge in [-0.3, -0.25) is 14.5 Å². The molecule has 7 nitrogen and oxygen atoms in total. The Labute approximate surface area is 147 Å². The number of para-hydroxylation sites is 2. The maximum atomic E-state index is 12.4. The number of hydrogen-bond donors (Lipinski definition) is 1. The zero-order valence-electron chi connectivity index (χ0n) is 13.6. The maximum absolute atomic E-state index is 12.4. The molecular weight excluding hydrogens is 336 g/mol. The molecule has 0 aliphatic carbocycles. The number of hydrogen-bond acceptors (Lipinski definition) is 5. The van der Waals surface area contributed by atoms with Gasteiger partial charge in [-0.25, -0.2) is 4.79 Å². The maximum Gasteiger partial charge on any atom is 0.336 e. The molecule has 0 radical (unpaired) electrons. The van der Waals surface area contributed by atoms with Gasteiger partial charge in [0.2, 0.25) is 5.91 Å². The standard InChI is InChI=1S/C19H14N2O5/c22-17(10-21-14-3-1-2-4-16(14)25-11-18(21)23)20-13-6-7-15-12(9-13)5-8-19(24)26-15/h1-9H,10-11H2,(H,20,22). The summed E-state index contributed by atoms with van der Waals surface area (Å²) in [6.07, 6.45) is 0. The Morgan fingerprint density at radius 1 is 1.08 bits per heavy atom. The van der Waals surface area contributed by atoms with E-state index < -0.39 is 5.63 Å². The molecule has 0 atom stereocenters. The zero-order chi connectivity index (χ0) is 18.1. The lowest BCUT2D eigenvalue weighted by molar-refractivity contribution is -0.123. The van der Waals surface area contributed by atoms with Crippen molar-refractivity contribution in [1.82, 2.24) is 0 Å². The number of benzene rings is 2. The van der Waals surface area contributed by atoms with Crippen molar-refractivity contribution in [2.45, 2.75) is 0 Å². The molecule has 26 heavy (non-hydrogen) atoms. The first kappa shape index (κ1) is 15.9. The minimum Gasteiger partial charge on any atom is -0.482 e. The first-order chi connectivity index (χ1) is 12.6. The number of ether oxygens (including phenoxy) is 1. The van der Waals surface area contributed by atoms with E-state index in [1.54, 1.807) is 48.5 Å². The van der Waals surface area contributed by atoms with Crippen LogP contribution in [0.15, 0.2) is 63.8 Å². The molecule has 3 aromatic rings. The van der Waals surface area contributed by atoms with Crippen LogP contribution >= 0.6 is 0 Å². The van der Waals surface area contributed by atoms with E-state index >= 15 is 0 Å². The Morgan fingerprint density at radius 2 is 1.92 bits per heavy atom. The van der Waals surface area contributed by atoms with Gasteiger partial charge >= 0.3 is 5.63 Å². The highest BCUT2D eigenvalue weighted by Crippen LogP contribution is 2.31. The highest BCUT2D eigenvalue weighted by molar-refractivity contribution is 6.05. The van der Waals surface area contributed by atoms with Crippen LogP contribution in [-0.2, 0) is 9.59 Å². The van der Waals surface area contributed by atoms with Crippen LogP contribution in [0.4, 0.5) is 11.4 Å². The summed E-state index contributed by atoms with van der Waals surface area (Å²) in [5.74, 6) is -0.0495. The van der Waals surface area contributed by atoms with E-state index in [0.29, 0.717) is 28.1 Å². The zero-order valence-corrected chi connectivity index (χ0v) is 13.6. The van der Waals surface area contributed by atoms with Crippen LogP contribution in [0.25, 0.3) is 11.0 Å². The molecule has 0 saturated carbocycles. The lowest BCUT2D eigenvalue weighted by Gasteiger charge is -2.28. The summed E-state index contributed by atoms with van der Waals surface area (Å²) in [7, 11) is 0. The van der Waals surface area contributed by atoms with Crippen LogP contribution in [0.3, 0.4) is 0 Å². The number of rotatable bonds is 3. The van der Waals surface area contributed by atoms with Crippen molar-refractivity contribution in [3.8, 4) is 5.75 Å². The molecule has 1 N–H and O–H groups in total. The largest absolute Gasteiger partial charge is 0.482 e. The van der Waals surface area contributed by atoms with Crippen molar-refractivity contribution in [1.29, 1.82) is 0 Å². The fourth-order valence-corrected chi connectivity index (χ4v) is 2.82. The highest BCUT2D eigenvalue weighted by atomic mass is 16.5. The van der Waals surface area contributed by atoms with Crippen LogP contribution in [0.2, 0.25) is 0 Å². The minimum atomic E-state index is -0.432. The summed E-state index contributed by atoms with van der Waals surface area (Å²) in [6, 6.07) is 15.0. The first-order valence-electron chi connectivity index (χ1n) is 7.96. The monoisotopic (exact) mass is 350 g/mol. The van der Waals surface area contributed by atoms with Gasteiger partial charge in [-0.2, -0.15) is 0 Å². The second kappa shape index (κ2) is 6.36. The third kappa shape index (κ3) is 3.02. The Bertz CT molecular complexity index is 1070.